The number of amides is 2. The van der Waals surface area contributed by atoms with Crippen molar-refractivity contribution in [3.05, 3.63) is 119 Å². The lowest BCUT2D eigenvalue weighted by atomic mass is 10.0. The summed E-state index contributed by atoms with van der Waals surface area (Å²) < 4.78 is 24.0. The van der Waals surface area contributed by atoms with E-state index in [1.807, 2.05) is 69.3 Å². The molecular weight excluding hydrogens is 733 g/mol. The van der Waals surface area contributed by atoms with E-state index in [9.17, 15) is 9.59 Å². The summed E-state index contributed by atoms with van der Waals surface area (Å²) in [6.07, 6.45) is 0.934. The highest BCUT2D eigenvalue weighted by atomic mass is 16.6. The largest absolute Gasteiger partial charge is 0.489 e. The first-order chi connectivity index (χ1) is 28.1. The summed E-state index contributed by atoms with van der Waals surface area (Å²) in [5.41, 5.74) is 4.62. The van der Waals surface area contributed by atoms with Crippen LogP contribution in [0.1, 0.15) is 49.6 Å². The molecule has 302 valence electrons. The minimum atomic E-state index is -0.552. The average molecular weight is 785 g/mol. The van der Waals surface area contributed by atoms with Gasteiger partial charge >= 0.3 is 18.2 Å². The molecule has 58 heavy (non-hydrogen) atoms. The third-order valence-electron chi connectivity index (χ3n) is 10.9. The average Bonchev–Trinajstić information content (AvgIpc) is 3.73. The molecule has 3 aliphatic heterocycles. The van der Waals surface area contributed by atoms with E-state index >= 15 is 0 Å². The molecule has 0 bridgehead atoms. The van der Waals surface area contributed by atoms with Crippen molar-refractivity contribution in [1.29, 1.82) is 0 Å². The van der Waals surface area contributed by atoms with E-state index in [0.717, 1.165) is 69.8 Å². The number of hydrogen-bond acceptors (Lipinski definition) is 10. The van der Waals surface area contributed by atoms with Crippen LogP contribution in [0.2, 0.25) is 0 Å². The monoisotopic (exact) mass is 784 g/mol. The predicted octanol–water partition coefficient (Wildman–Crippen LogP) is 7.87. The Hall–Kier alpha value is -6.04. The number of nitrogens with zero attached hydrogens (tertiary/aromatic N) is 6. The van der Waals surface area contributed by atoms with Crippen molar-refractivity contribution in [3.8, 4) is 11.8 Å². The van der Waals surface area contributed by atoms with Crippen LogP contribution in [-0.2, 0) is 35.7 Å². The van der Waals surface area contributed by atoms with Crippen molar-refractivity contribution in [3.63, 3.8) is 0 Å². The van der Waals surface area contributed by atoms with Crippen molar-refractivity contribution in [2.45, 2.75) is 59.0 Å². The zero-order valence-corrected chi connectivity index (χ0v) is 33.6. The number of carbonyl (C=O) groups excluding carboxylic acids is 2. The van der Waals surface area contributed by atoms with Gasteiger partial charge in [-0.1, -0.05) is 84.9 Å². The molecule has 2 amide bonds. The van der Waals surface area contributed by atoms with Crippen molar-refractivity contribution >= 4 is 34.5 Å². The van der Waals surface area contributed by atoms with Gasteiger partial charge in [0.2, 0.25) is 0 Å². The van der Waals surface area contributed by atoms with Gasteiger partial charge in [-0.25, -0.2) is 9.59 Å². The Balaban J connectivity index is 1.01. The van der Waals surface area contributed by atoms with Gasteiger partial charge in [0, 0.05) is 74.4 Å². The first kappa shape index (κ1) is 38.8. The summed E-state index contributed by atoms with van der Waals surface area (Å²) in [5.74, 6) is 1.79. The minimum absolute atomic E-state index is 0.127. The molecule has 2 saturated heterocycles. The van der Waals surface area contributed by atoms with Crippen LogP contribution in [0.5, 0.6) is 11.8 Å². The van der Waals surface area contributed by atoms with Gasteiger partial charge in [0.1, 0.15) is 30.4 Å². The molecule has 0 saturated carbocycles. The first-order valence-corrected chi connectivity index (χ1v) is 20.3. The van der Waals surface area contributed by atoms with E-state index in [-0.39, 0.29) is 24.7 Å². The Bertz CT molecular complexity index is 2210. The highest BCUT2D eigenvalue weighted by Gasteiger charge is 2.32. The van der Waals surface area contributed by atoms with Gasteiger partial charge in [0.15, 0.2) is 0 Å². The second-order valence-electron chi connectivity index (χ2n) is 16.3. The van der Waals surface area contributed by atoms with Gasteiger partial charge in [0.05, 0.1) is 18.8 Å². The maximum Gasteiger partial charge on any atom is 0.410 e. The number of hydrogen-bond donors (Lipinski definition) is 0. The van der Waals surface area contributed by atoms with Crippen LogP contribution in [0.3, 0.4) is 0 Å². The van der Waals surface area contributed by atoms with Gasteiger partial charge in [-0.3, -0.25) is 0 Å². The van der Waals surface area contributed by atoms with E-state index in [0.29, 0.717) is 65.0 Å². The molecule has 8 rings (SSSR count). The SMILES string of the molecule is CC(C)(C)OC(=O)N1CC[C@@H](COc2nc3c(c(N4CCN(C(=O)OCc5ccccc5)CC4)n2)CCN(c2cc(OCc4ccccc4)cc4ccccc24)C3)C1. The van der Waals surface area contributed by atoms with Crippen molar-refractivity contribution in [1.82, 2.24) is 19.8 Å². The fourth-order valence-electron chi connectivity index (χ4n) is 7.83. The van der Waals surface area contributed by atoms with E-state index in [1.54, 1.807) is 9.80 Å². The maximum atomic E-state index is 13.0. The number of anilines is 2. The van der Waals surface area contributed by atoms with Gasteiger partial charge in [0.25, 0.3) is 0 Å². The maximum absolute atomic E-state index is 13.0. The summed E-state index contributed by atoms with van der Waals surface area (Å²) in [4.78, 5) is 44.1. The number of carbonyl (C=O) groups is 2. The highest BCUT2D eigenvalue weighted by Crippen LogP contribution is 2.37. The number of benzene rings is 4. The number of piperazine rings is 1. The zero-order chi connectivity index (χ0) is 40.1. The lowest BCUT2D eigenvalue weighted by molar-refractivity contribution is 0.0284. The molecule has 0 N–H and O–H groups in total. The van der Waals surface area contributed by atoms with E-state index < -0.39 is 5.60 Å². The topological polar surface area (TPSA) is 110 Å². The van der Waals surface area contributed by atoms with Crippen LogP contribution in [0.25, 0.3) is 10.8 Å². The number of aromatic nitrogens is 2. The number of likely N-dealkylation sites (tertiary alicyclic amines) is 1. The normalized spacial score (nSPS) is 16.9. The summed E-state index contributed by atoms with van der Waals surface area (Å²) in [6, 6.07) is 32.9. The molecule has 3 aliphatic rings. The second kappa shape index (κ2) is 17.2. The van der Waals surface area contributed by atoms with Gasteiger partial charge in [-0.05, 0) is 56.2 Å². The third kappa shape index (κ3) is 9.39. The van der Waals surface area contributed by atoms with Crippen LogP contribution >= 0.6 is 0 Å². The molecule has 12 heteroatoms. The van der Waals surface area contributed by atoms with E-state index in [1.165, 1.54) is 0 Å². The van der Waals surface area contributed by atoms with Gasteiger partial charge < -0.3 is 38.5 Å². The van der Waals surface area contributed by atoms with Crippen LogP contribution < -0.4 is 19.3 Å². The molecule has 0 radical (unpaired) electrons. The van der Waals surface area contributed by atoms with Crippen LogP contribution in [0, 0.1) is 5.92 Å². The molecule has 4 heterocycles. The molecule has 1 aromatic heterocycles. The Labute approximate surface area is 340 Å². The lowest BCUT2D eigenvalue weighted by Crippen LogP contribution is -2.49. The molecular formula is C46H52N6O6. The summed E-state index contributed by atoms with van der Waals surface area (Å²) in [7, 11) is 0. The fourth-order valence-corrected chi connectivity index (χ4v) is 7.83. The number of fused-ring (bicyclic) bond motifs is 2. The molecule has 12 nitrogen and oxygen atoms in total. The number of ether oxygens (including phenoxy) is 4. The molecule has 4 aromatic carbocycles. The fraction of sp³-hybridized carbons (Fsp3) is 0.391. The second-order valence-corrected chi connectivity index (χ2v) is 16.3. The van der Waals surface area contributed by atoms with Gasteiger partial charge in [-0.2, -0.15) is 9.97 Å². The van der Waals surface area contributed by atoms with Crippen molar-refractivity contribution < 1.29 is 28.5 Å². The third-order valence-corrected chi connectivity index (χ3v) is 10.9. The van der Waals surface area contributed by atoms with E-state index in [2.05, 4.69) is 58.3 Å². The zero-order valence-electron chi connectivity index (χ0n) is 33.6. The lowest BCUT2D eigenvalue weighted by Gasteiger charge is -2.38. The predicted molar refractivity (Wildman–Crippen MR) is 223 cm³/mol. The van der Waals surface area contributed by atoms with Gasteiger partial charge in [-0.15, -0.1) is 0 Å². The Kier molecular flexibility index (Phi) is 11.5. The minimum Gasteiger partial charge on any atom is -0.489 e. The Morgan fingerprint density at radius 1 is 0.724 bits per heavy atom. The van der Waals surface area contributed by atoms with Crippen LogP contribution in [0.15, 0.2) is 97.1 Å². The van der Waals surface area contributed by atoms with Crippen molar-refractivity contribution in [2.24, 2.45) is 5.92 Å². The molecule has 0 unspecified atom stereocenters. The Morgan fingerprint density at radius 3 is 2.17 bits per heavy atom. The van der Waals surface area contributed by atoms with Crippen LogP contribution in [-0.4, -0.2) is 90.0 Å². The molecule has 5 aromatic rings. The van der Waals surface area contributed by atoms with Crippen molar-refractivity contribution in [2.75, 3.05) is 62.2 Å². The first-order valence-electron chi connectivity index (χ1n) is 20.3. The molecule has 0 aliphatic carbocycles. The van der Waals surface area contributed by atoms with E-state index in [4.69, 9.17) is 28.9 Å². The smallest absolute Gasteiger partial charge is 0.410 e. The van der Waals surface area contributed by atoms with Crippen LogP contribution in [0.4, 0.5) is 21.1 Å². The highest BCUT2D eigenvalue weighted by molar-refractivity contribution is 5.96. The number of rotatable bonds is 10. The molecule has 0 spiro atoms. The standard InChI is InChI=1S/C46H52N6O6/c1-46(2,3)58-45(54)52-20-18-35(28-52)32-56-43-47-40-29-51(41-27-37(26-36-16-10-11-17-38(36)41)55-30-33-12-6-4-7-13-33)21-19-39(40)42(48-43)49-22-24-50(25-23-49)44(53)57-31-34-14-8-5-9-15-34/h4-17,26-27,35H,18-25,28-32H2,1-3H3/t35-/m1/s1. The quantitative estimate of drug-likeness (QED) is 0.139. The summed E-state index contributed by atoms with van der Waals surface area (Å²) >= 11 is 0. The summed E-state index contributed by atoms with van der Waals surface area (Å²) in [5, 5.41) is 2.26. The molecule has 2 fully saturated rings. The molecule has 1 atom stereocenters. The summed E-state index contributed by atoms with van der Waals surface area (Å²) in [6.45, 7) is 11.5. The Morgan fingerprint density at radius 2 is 1.43 bits per heavy atom.